The van der Waals surface area contributed by atoms with Gasteiger partial charge in [-0.1, -0.05) is 6.07 Å². The lowest BCUT2D eigenvalue weighted by Crippen LogP contribution is -2.41. The van der Waals surface area contributed by atoms with Crippen molar-refractivity contribution in [1.29, 1.82) is 0 Å². The van der Waals surface area contributed by atoms with Crippen molar-refractivity contribution in [1.82, 2.24) is 44.9 Å². The number of nitrogens with zero attached hydrogens (tertiary/aromatic N) is 7. The summed E-state index contributed by atoms with van der Waals surface area (Å²) in [5, 5.41) is 19.3. The molecular formula is C20H17N9O2. The smallest absolute Gasteiger partial charge is 0.312 e. The zero-order valence-corrected chi connectivity index (χ0v) is 16.5. The highest BCUT2D eigenvalue weighted by molar-refractivity contribution is 5.90. The van der Waals surface area contributed by atoms with Crippen molar-refractivity contribution in [2.75, 3.05) is 6.54 Å². The first-order valence-electron chi connectivity index (χ1n) is 9.79. The number of aromatic nitrogens is 8. The second-order valence-corrected chi connectivity index (χ2v) is 7.41. The summed E-state index contributed by atoms with van der Waals surface area (Å²) in [5.41, 5.74) is 5.19. The number of hydrogen-bond donors (Lipinski definition) is 2. The summed E-state index contributed by atoms with van der Waals surface area (Å²) in [7, 11) is 0. The Hall–Kier alpha value is -4.28. The largest absolute Gasteiger partial charge is 0.412 e. The average Bonchev–Trinajstić information content (AvgIpc) is 3.58. The Morgan fingerprint density at radius 1 is 1.32 bits per heavy atom. The van der Waals surface area contributed by atoms with Gasteiger partial charge < -0.3 is 14.3 Å². The zero-order valence-electron chi connectivity index (χ0n) is 16.5. The van der Waals surface area contributed by atoms with Crippen LogP contribution >= 0.6 is 0 Å². The first kappa shape index (κ1) is 17.6. The van der Waals surface area contributed by atoms with Gasteiger partial charge in [-0.25, -0.2) is 9.50 Å². The van der Waals surface area contributed by atoms with Gasteiger partial charge in [0.05, 0.1) is 35.0 Å². The van der Waals surface area contributed by atoms with Crippen molar-refractivity contribution >= 4 is 11.4 Å². The van der Waals surface area contributed by atoms with E-state index >= 15 is 0 Å². The third-order valence-corrected chi connectivity index (χ3v) is 5.55. The van der Waals surface area contributed by atoms with Crippen molar-refractivity contribution in [2.24, 2.45) is 0 Å². The first-order chi connectivity index (χ1) is 15.2. The van der Waals surface area contributed by atoms with Crippen molar-refractivity contribution in [2.45, 2.75) is 19.4 Å². The van der Waals surface area contributed by atoms with E-state index in [0.29, 0.717) is 18.5 Å². The maximum Gasteiger partial charge on any atom is 0.312 e. The molecule has 1 aliphatic rings. The van der Waals surface area contributed by atoms with Gasteiger partial charge in [-0.3, -0.25) is 9.89 Å². The minimum absolute atomic E-state index is 0.0832. The number of imidazole rings is 1. The van der Waals surface area contributed by atoms with Gasteiger partial charge in [0.25, 0.3) is 5.89 Å². The summed E-state index contributed by atoms with van der Waals surface area (Å²) in [6, 6.07) is 5.50. The van der Waals surface area contributed by atoms with Crippen molar-refractivity contribution in [3.05, 3.63) is 71.7 Å². The van der Waals surface area contributed by atoms with E-state index < -0.39 is 6.04 Å². The molecule has 154 valence electrons. The van der Waals surface area contributed by atoms with Crippen molar-refractivity contribution in [3.63, 3.8) is 0 Å². The standard InChI is InChI=1S/C20H17N9O2/c1-11-3-2-5-29-15(11)7-14(27-29)17-16-13(21-10-22-16)4-6-28(17)20(30)19-26-25-18(31-19)12-8-23-24-9-12/h2-3,5,7-10,17H,4,6H2,1H3,(H,21,22)(H,23,24). The SMILES string of the molecule is Cc1cccn2nc(C3c4nc[nH]c4CCN3C(=O)c3nnc(-c4cn[nH]c4)o3)cc12. The molecular weight excluding hydrogens is 398 g/mol. The Morgan fingerprint density at radius 2 is 2.26 bits per heavy atom. The van der Waals surface area contributed by atoms with Crippen LogP contribution in [0.25, 0.3) is 17.0 Å². The summed E-state index contributed by atoms with van der Waals surface area (Å²) in [5.74, 6) is -0.218. The van der Waals surface area contributed by atoms with Gasteiger partial charge in [0.15, 0.2) is 0 Å². The number of carbonyl (C=O) groups is 1. The van der Waals surface area contributed by atoms with Crippen LogP contribution < -0.4 is 0 Å². The molecule has 0 fully saturated rings. The summed E-state index contributed by atoms with van der Waals surface area (Å²) >= 11 is 0. The molecule has 2 N–H and O–H groups in total. The van der Waals surface area contributed by atoms with Gasteiger partial charge in [-0.05, 0) is 24.6 Å². The summed E-state index contributed by atoms with van der Waals surface area (Å²) in [6.45, 7) is 2.50. The van der Waals surface area contributed by atoms with Crippen LogP contribution in [0.1, 0.15) is 39.4 Å². The molecule has 0 saturated carbocycles. The third-order valence-electron chi connectivity index (χ3n) is 5.55. The quantitative estimate of drug-likeness (QED) is 0.460. The Morgan fingerprint density at radius 3 is 3.10 bits per heavy atom. The molecule has 1 atom stereocenters. The van der Waals surface area contributed by atoms with Crippen molar-refractivity contribution in [3.8, 4) is 11.5 Å². The number of H-pyrrole nitrogens is 2. The molecule has 0 bridgehead atoms. The Kier molecular flexibility index (Phi) is 3.75. The molecule has 0 radical (unpaired) electrons. The molecule has 5 aromatic rings. The van der Waals surface area contributed by atoms with E-state index in [1.54, 1.807) is 23.6 Å². The van der Waals surface area contributed by atoms with E-state index in [9.17, 15) is 4.79 Å². The maximum atomic E-state index is 13.4. The monoisotopic (exact) mass is 415 g/mol. The molecule has 6 rings (SSSR count). The van der Waals surface area contributed by atoms with Gasteiger partial charge in [0.1, 0.15) is 6.04 Å². The van der Waals surface area contributed by atoms with Crippen LogP contribution in [0, 0.1) is 6.92 Å². The Balaban J connectivity index is 1.42. The van der Waals surface area contributed by atoms with Crippen LogP contribution in [0.5, 0.6) is 0 Å². The number of fused-ring (bicyclic) bond motifs is 2. The van der Waals surface area contributed by atoms with E-state index in [4.69, 9.17) is 9.52 Å². The molecule has 6 heterocycles. The predicted octanol–water partition coefficient (Wildman–Crippen LogP) is 1.93. The minimum atomic E-state index is -0.467. The molecule has 0 spiro atoms. The normalized spacial score (nSPS) is 16.0. The molecule has 31 heavy (non-hydrogen) atoms. The molecule has 1 aliphatic heterocycles. The summed E-state index contributed by atoms with van der Waals surface area (Å²) in [6.07, 6.45) is 7.37. The number of nitrogens with one attached hydrogen (secondary N) is 2. The molecule has 0 saturated heterocycles. The average molecular weight is 415 g/mol. The topological polar surface area (TPSA) is 134 Å². The van der Waals surface area contributed by atoms with E-state index in [0.717, 1.165) is 28.2 Å². The van der Waals surface area contributed by atoms with Crippen LogP contribution in [0.2, 0.25) is 0 Å². The van der Waals surface area contributed by atoms with Gasteiger partial charge >= 0.3 is 11.8 Å². The maximum absolute atomic E-state index is 13.4. The van der Waals surface area contributed by atoms with Gasteiger partial charge in [-0.15, -0.1) is 10.2 Å². The zero-order chi connectivity index (χ0) is 20.9. The summed E-state index contributed by atoms with van der Waals surface area (Å²) in [4.78, 5) is 22.8. The molecule has 11 heteroatoms. The Bertz CT molecular complexity index is 1400. The lowest BCUT2D eigenvalue weighted by molar-refractivity contribution is 0.0646. The lowest BCUT2D eigenvalue weighted by Gasteiger charge is -2.32. The van der Waals surface area contributed by atoms with E-state index in [-0.39, 0.29) is 17.7 Å². The number of rotatable bonds is 3. The second-order valence-electron chi connectivity index (χ2n) is 7.41. The first-order valence-corrected chi connectivity index (χ1v) is 9.79. The number of carbonyl (C=O) groups excluding carboxylic acids is 1. The van der Waals surface area contributed by atoms with Gasteiger partial charge in [0, 0.05) is 31.1 Å². The Labute approximate surface area is 175 Å². The summed E-state index contributed by atoms with van der Waals surface area (Å²) < 4.78 is 7.46. The van der Waals surface area contributed by atoms with E-state index in [1.807, 2.05) is 35.8 Å². The predicted molar refractivity (Wildman–Crippen MR) is 107 cm³/mol. The number of aryl methyl sites for hydroxylation is 1. The molecule has 0 aliphatic carbocycles. The second kappa shape index (κ2) is 6.62. The highest BCUT2D eigenvalue weighted by atomic mass is 16.4. The van der Waals surface area contributed by atoms with Crippen LogP contribution in [0.4, 0.5) is 0 Å². The van der Waals surface area contributed by atoms with Crippen molar-refractivity contribution < 1.29 is 9.21 Å². The van der Waals surface area contributed by atoms with Gasteiger partial charge in [0.2, 0.25) is 0 Å². The highest BCUT2D eigenvalue weighted by Gasteiger charge is 2.38. The number of amides is 1. The fraction of sp³-hybridized carbons (Fsp3) is 0.200. The van der Waals surface area contributed by atoms with Crippen LogP contribution in [-0.4, -0.2) is 57.3 Å². The lowest BCUT2D eigenvalue weighted by atomic mass is 9.99. The number of pyridine rings is 1. The minimum Gasteiger partial charge on any atom is -0.412 e. The molecule has 1 amide bonds. The number of aromatic amines is 2. The highest BCUT2D eigenvalue weighted by Crippen LogP contribution is 2.34. The van der Waals surface area contributed by atoms with Gasteiger partial charge in [-0.2, -0.15) is 10.2 Å². The van der Waals surface area contributed by atoms with E-state index in [2.05, 4.69) is 30.4 Å². The van der Waals surface area contributed by atoms with Crippen LogP contribution in [0.15, 0.2) is 47.5 Å². The number of hydrogen-bond acceptors (Lipinski definition) is 7. The fourth-order valence-electron chi connectivity index (χ4n) is 4.02. The van der Waals surface area contributed by atoms with E-state index in [1.165, 1.54) is 0 Å². The van der Waals surface area contributed by atoms with Crippen LogP contribution in [0.3, 0.4) is 0 Å². The molecule has 5 aromatic heterocycles. The fourth-order valence-corrected chi connectivity index (χ4v) is 4.02. The third kappa shape index (κ3) is 2.74. The van der Waals surface area contributed by atoms with Crippen LogP contribution in [-0.2, 0) is 6.42 Å². The molecule has 0 aromatic carbocycles. The molecule has 1 unspecified atom stereocenters. The molecule has 11 nitrogen and oxygen atoms in total.